The summed E-state index contributed by atoms with van der Waals surface area (Å²) in [6.07, 6.45) is 6.13. The first-order valence-electron chi connectivity index (χ1n) is 4.72. The van der Waals surface area contributed by atoms with Crippen molar-refractivity contribution in [3.05, 3.63) is 24.0 Å². The van der Waals surface area contributed by atoms with E-state index in [1.807, 2.05) is 12.1 Å². The molecule has 0 bridgehead atoms. The summed E-state index contributed by atoms with van der Waals surface area (Å²) in [4.78, 5) is 0.501. The summed E-state index contributed by atoms with van der Waals surface area (Å²) in [5, 5.41) is 0. The Morgan fingerprint density at radius 2 is 2.38 bits per heavy atom. The SMILES string of the molecule is NC(=S)c1cccn1CCC1CC1. The van der Waals surface area contributed by atoms with E-state index in [0.717, 1.165) is 18.2 Å². The smallest absolute Gasteiger partial charge is 0.120 e. The Morgan fingerprint density at radius 1 is 1.62 bits per heavy atom. The molecule has 1 aromatic rings. The van der Waals surface area contributed by atoms with Crippen LogP contribution in [-0.4, -0.2) is 9.56 Å². The van der Waals surface area contributed by atoms with Crippen molar-refractivity contribution < 1.29 is 0 Å². The molecule has 0 spiro atoms. The highest BCUT2D eigenvalue weighted by Crippen LogP contribution is 2.32. The molecule has 0 atom stereocenters. The largest absolute Gasteiger partial charge is 0.388 e. The molecule has 0 aliphatic heterocycles. The van der Waals surface area contributed by atoms with Crippen LogP contribution in [0.1, 0.15) is 25.0 Å². The van der Waals surface area contributed by atoms with E-state index in [0.29, 0.717) is 4.99 Å². The molecule has 0 unspecified atom stereocenters. The normalized spacial score (nSPS) is 16.0. The monoisotopic (exact) mass is 194 g/mol. The minimum absolute atomic E-state index is 0.501. The molecular weight excluding hydrogens is 180 g/mol. The summed E-state index contributed by atoms with van der Waals surface area (Å²) in [7, 11) is 0. The molecule has 2 nitrogen and oxygen atoms in total. The van der Waals surface area contributed by atoms with Gasteiger partial charge in [-0.25, -0.2) is 0 Å². The van der Waals surface area contributed by atoms with Gasteiger partial charge < -0.3 is 10.3 Å². The van der Waals surface area contributed by atoms with Gasteiger partial charge in [0.2, 0.25) is 0 Å². The fourth-order valence-electron chi connectivity index (χ4n) is 1.56. The Bertz CT molecular complexity index is 312. The number of thiocarbonyl (C=S) groups is 1. The molecule has 2 rings (SSSR count). The molecule has 1 aliphatic rings. The van der Waals surface area contributed by atoms with Crippen LogP contribution in [0.3, 0.4) is 0 Å². The fourth-order valence-corrected chi connectivity index (χ4v) is 1.75. The number of nitrogens with two attached hydrogens (primary N) is 1. The lowest BCUT2D eigenvalue weighted by Gasteiger charge is -2.06. The van der Waals surface area contributed by atoms with Gasteiger partial charge in [-0.05, 0) is 24.5 Å². The van der Waals surface area contributed by atoms with Crippen LogP contribution in [0.5, 0.6) is 0 Å². The van der Waals surface area contributed by atoms with E-state index in [-0.39, 0.29) is 0 Å². The van der Waals surface area contributed by atoms with Crippen molar-refractivity contribution in [2.75, 3.05) is 0 Å². The lowest BCUT2D eigenvalue weighted by Crippen LogP contribution is -2.15. The van der Waals surface area contributed by atoms with E-state index in [1.54, 1.807) is 0 Å². The number of rotatable bonds is 4. The second-order valence-corrected chi connectivity index (χ2v) is 4.12. The number of hydrogen-bond donors (Lipinski definition) is 1. The van der Waals surface area contributed by atoms with Gasteiger partial charge in [-0.1, -0.05) is 25.1 Å². The van der Waals surface area contributed by atoms with E-state index < -0.39 is 0 Å². The van der Waals surface area contributed by atoms with Crippen molar-refractivity contribution >= 4 is 17.2 Å². The molecule has 0 radical (unpaired) electrons. The fraction of sp³-hybridized carbons (Fsp3) is 0.500. The van der Waals surface area contributed by atoms with Gasteiger partial charge in [0.1, 0.15) is 4.99 Å². The van der Waals surface area contributed by atoms with Gasteiger partial charge in [-0.15, -0.1) is 0 Å². The summed E-state index contributed by atoms with van der Waals surface area (Å²) < 4.78 is 2.15. The van der Waals surface area contributed by atoms with Crippen LogP contribution in [-0.2, 0) is 6.54 Å². The average molecular weight is 194 g/mol. The minimum Gasteiger partial charge on any atom is -0.388 e. The van der Waals surface area contributed by atoms with Gasteiger partial charge in [0, 0.05) is 12.7 Å². The summed E-state index contributed by atoms with van der Waals surface area (Å²) in [5.74, 6) is 0.960. The van der Waals surface area contributed by atoms with Gasteiger partial charge in [0.15, 0.2) is 0 Å². The molecule has 1 saturated carbocycles. The zero-order valence-electron chi connectivity index (χ0n) is 7.57. The lowest BCUT2D eigenvalue weighted by atomic mass is 10.3. The van der Waals surface area contributed by atoms with Crippen LogP contribution in [0.4, 0.5) is 0 Å². The first kappa shape index (κ1) is 8.75. The Balaban J connectivity index is 2.00. The van der Waals surface area contributed by atoms with Crippen LogP contribution in [0.25, 0.3) is 0 Å². The van der Waals surface area contributed by atoms with Gasteiger partial charge in [-0.3, -0.25) is 0 Å². The van der Waals surface area contributed by atoms with Crippen molar-refractivity contribution in [2.24, 2.45) is 11.7 Å². The predicted octanol–water partition coefficient (Wildman–Crippen LogP) is 1.92. The quantitative estimate of drug-likeness (QED) is 0.742. The number of aromatic nitrogens is 1. The van der Waals surface area contributed by atoms with Crippen molar-refractivity contribution in [1.29, 1.82) is 0 Å². The summed E-state index contributed by atoms with van der Waals surface area (Å²) in [6.45, 7) is 1.06. The minimum atomic E-state index is 0.501. The Kier molecular flexibility index (Phi) is 2.36. The van der Waals surface area contributed by atoms with Crippen molar-refractivity contribution in [2.45, 2.75) is 25.8 Å². The Morgan fingerprint density at radius 3 is 3.00 bits per heavy atom. The van der Waals surface area contributed by atoms with Gasteiger partial charge >= 0.3 is 0 Å². The van der Waals surface area contributed by atoms with Gasteiger partial charge in [-0.2, -0.15) is 0 Å². The molecule has 1 heterocycles. The number of hydrogen-bond acceptors (Lipinski definition) is 1. The molecule has 0 amide bonds. The third-order valence-corrected chi connectivity index (χ3v) is 2.77. The van der Waals surface area contributed by atoms with E-state index in [9.17, 15) is 0 Å². The highest BCUT2D eigenvalue weighted by molar-refractivity contribution is 7.80. The van der Waals surface area contributed by atoms with E-state index in [4.69, 9.17) is 18.0 Å². The predicted molar refractivity (Wildman–Crippen MR) is 57.7 cm³/mol. The van der Waals surface area contributed by atoms with Crippen molar-refractivity contribution in [3.63, 3.8) is 0 Å². The van der Waals surface area contributed by atoms with E-state index in [1.165, 1.54) is 19.3 Å². The molecular formula is C10H14N2S. The topological polar surface area (TPSA) is 30.9 Å². The van der Waals surface area contributed by atoms with Crippen LogP contribution < -0.4 is 5.73 Å². The molecule has 70 valence electrons. The third kappa shape index (κ3) is 2.10. The molecule has 1 aliphatic carbocycles. The van der Waals surface area contributed by atoms with Crippen LogP contribution in [0, 0.1) is 5.92 Å². The molecule has 3 heteroatoms. The Labute approximate surface area is 83.7 Å². The highest BCUT2D eigenvalue weighted by atomic mass is 32.1. The van der Waals surface area contributed by atoms with Crippen LogP contribution in [0.15, 0.2) is 18.3 Å². The molecule has 0 aromatic carbocycles. The zero-order chi connectivity index (χ0) is 9.26. The summed E-state index contributed by atoms with van der Waals surface area (Å²) >= 11 is 4.96. The number of aryl methyl sites for hydroxylation is 1. The molecule has 1 fully saturated rings. The third-order valence-electron chi connectivity index (χ3n) is 2.56. The molecule has 13 heavy (non-hydrogen) atoms. The zero-order valence-corrected chi connectivity index (χ0v) is 8.39. The van der Waals surface area contributed by atoms with E-state index in [2.05, 4.69) is 10.8 Å². The maximum Gasteiger partial charge on any atom is 0.120 e. The van der Waals surface area contributed by atoms with Gasteiger partial charge in [0.25, 0.3) is 0 Å². The first-order valence-corrected chi connectivity index (χ1v) is 5.13. The van der Waals surface area contributed by atoms with Crippen molar-refractivity contribution in [3.8, 4) is 0 Å². The second kappa shape index (κ2) is 3.50. The molecule has 1 aromatic heterocycles. The first-order chi connectivity index (χ1) is 6.27. The van der Waals surface area contributed by atoms with Crippen molar-refractivity contribution in [1.82, 2.24) is 4.57 Å². The molecule has 0 saturated heterocycles. The Hall–Kier alpha value is -0.830. The van der Waals surface area contributed by atoms with Crippen LogP contribution in [0.2, 0.25) is 0 Å². The highest BCUT2D eigenvalue weighted by Gasteiger charge is 2.20. The van der Waals surface area contributed by atoms with E-state index >= 15 is 0 Å². The molecule has 2 N–H and O–H groups in total. The summed E-state index contributed by atoms with van der Waals surface area (Å²) in [5.41, 5.74) is 6.59. The summed E-state index contributed by atoms with van der Waals surface area (Å²) in [6, 6.07) is 3.98. The lowest BCUT2D eigenvalue weighted by molar-refractivity contribution is 0.596. The maximum absolute atomic E-state index is 5.59. The number of nitrogens with zero attached hydrogens (tertiary/aromatic N) is 1. The standard InChI is InChI=1S/C10H14N2S/c11-10(13)9-2-1-6-12(9)7-5-8-3-4-8/h1-2,6,8H,3-5,7H2,(H2,11,13). The average Bonchev–Trinajstić information content (AvgIpc) is 2.79. The van der Waals surface area contributed by atoms with Gasteiger partial charge in [0.05, 0.1) is 5.69 Å². The maximum atomic E-state index is 5.59. The van der Waals surface area contributed by atoms with Crippen LogP contribution >= 0.6 is 12.2 Å². The second-order valence-electron chi connectivity index (χ2n) is 3.68.